The van der Waals surface area contributed by atoms with Gasteiger partial charge in [0.25, 0.3) is 0 Å². The van der Waals surface area contributed by atoms with Crippen LogP contribution in [0.4, 0.5) is 0 Å². The Bertz CT molecular complexity index is 819. The number of carbonyl (C=O) groups excluding carboxylic acids is 1. The minimum absolute atomic E-state index is 0.0483. The standard InChI is InChI=1S/C18H22N4O3/c1-12-7-13(2)22(18(25)20-12)11-17(24)21-9-14(16(23)10-21)8-15-5-3-4-6-19-15/h3-7,14,16,23H,8-11H2,1-2H3/t14-,16-/m1/s1. The monoisotopic (exact) mass is 342 g/mol. The summed E-state index contributed by atoms with van der Waals surface area (Å²) in [6.45, 7) is 4.22. The Hall–Kier alpha value is -2.54. The van der Waals surface area contributed by atoms with Gasteiger partial charge in [0.1, 0.15) is 6.54 Å². The number of likely N-dealkylation sites (tertiary alicyclic amines) is 1. The maximum Gasteiger partial charge on any atom is 0.348 e. The highest BCUT2D eigenvalue weighted by Gasteiger charge is 2.34. The summed E-state index contributed by atoms with van der Waals surface area (Å²) >= 11 is 0. The van der Waals surface area contributed by atoms with Crippen LogP contribution >= 0.6 is 0 Å². The Morgan fingerprint density at radius 1 is 1.32 bits per heavy atom. The third-order valence-electron chi connectivity index (χ3n) is 4.60. The number of amides is 1. The van der Waals surface area contributed by atoms with Crippen LogP contribution in [0.5, 0.6) is 0 Å². The van der Waals surface area contributed by atoms with Crippen molar-refractivity contribution in [3.8, 4) is 0 Å². The predicted octanol–water partition coefficient (Wildman–Crippen LogP) is 0.317. The van der Waals surface area contributed by atoms with E-state index in [1.165, 1.54) is 4.57 Å². The second-order valence-corrected chi connectivity index (χ2v) is 6.56. The molecule has 0 aliphatic carbocycles. The van der Waals surface area contributed by atoms with Gasteiger partial charge in [-0.2, -0.15) is 4.98 Å². The number of hydrogen-bond acceptors (Lipinski definition) is 5. The lowest BCUT2D eigenvalue weighted by Crippen LogP contribution is -2.37. The van der Waals surface area contributed by atoms with Crippen molar-refractivity contribution in [2.75, 3.05) is 13.1 Å². The van der Waals surface area contributed by atoms with Gasteiger partial charge in [-0.3, -0.25) is 14.3 Å². The van der Waals surface area contributed by atoms with Gasteiger partial charge in [0.15, 0.2) is 0 Å². The third kappa shape index (κ3) is 3.93. The Morgan fingerprint density at radius 3 is 2.80 bits per heavy atom. The molecular formula is C18H22N4O3. The lowest BCUT2D eigenvalue weighted by Gasteiger charge is -2.18. The largest absolute Gasteiger partial charge is 0.391 e. The fourth-order valence-electron chi connectivity index (χ4n) is 3.25. The summed E-state index contributed by atoms with van der Waals surface area (Å²) in [6, 6.07) is 7.45. The molecule has 0 radical (unpaired) electrons. The van der Waals surface area contributed by atoms with Gasteiger partial charge >= 0.3 is 5.69 Å². The van der Waals surface area contributed by atoms with E-state index in [1.807, 2.05) is 18.2 Å². The molecule has 1 aliphatic heterocycles. The Kier molecular flexibility index (Phi) is 4.94. The van der Waals surface area contributed by atoms with Gasteiger partial charge < -0.3 is 10.0 Å². The molecule has 2 aromatic heterocycles. The molecule has 3 heterocycles. The van der Waals surface area contributed by atoms with Crippen molar-refractivity contribution >= 4 is 5.91 Å². The van der Waals surface area contributed by atoms with Crippen LogP contribution in [0.15, 0.2) is 35.3 Å². The van der Waals surface area contributed by atoms with Gasteiger partial charge in [-0.15, -0.1) is 0 Å². The number of hydrogen-bond donors (Lipinski definition) is 1. The summed E-state index contributed by atoms with van der Waals surface area (Å²) in [5.41, 5.74) is 1.82. The van der Waals surface area contributed by atoms with E-state index in [9.17, 15) is 14.7 Å². The highest BCUT2D eigenvalue weighted by Crippen LogP contribution is 2.21. The van der Waals surface area contributed by atoms with Crippen LogP contribution in [0.3, 0.4) is 0 Å². The van der Waals surface area contributed by atoms with Gasteiger partial charge in [0.05, 0.1) is 6.10 Å². The minimum atomic E-state index is -0.583. The Morgan fingerprint density at radius 2 is 2.12 bits per heavy atom. The first-order valence-electron chi connectivity index (χ1n) is 8.35. The summed E-state index contributed by atoms with van der Waals surface area (Å²) < 4.78 is 1.37. The molecule has 1 saturated heterocycles. The van der Waals surface area contributed by atoms with Crippen molar-refractivity contribution in [3.63, 3.8) is 0 Å². The predicted molar refractivity (Wildman–Crippen MR) is 92.0 cm³/mol. The first kappa shape index (κ1) is 17.3. The molecule has 7 nitrogen and oxygen atoms in total. The zero-order valence-electron chi connectivity index (χ0n) is 14.4. The smallest absolute Gasteiger partial charge is 0.348 e. The first-order chi connectivity index (χ1) is 11.9. The summed E-state index contributed by atoms with van der Waals surface area (Å²) in [6.07, 6.45) is 1.76. The number of aliphatic hydroxyl groups excluding tert-OH is 1. The van der Waals surface area contributed by atoms with Gasteiger partial charge in [-0.1, -0.05) is 6.07 Å². The number of β-amino-alcohol motifs (C(OH)–C–C–N with tert-alkyl or cyclic N) is 1. The summed E-state index contributed by atoms with van der Waals surface area (Å²) in [5, 5.41) is 10.3. The van der Waals surface area contributed by atoms with Crippen LogP contribution in [-0.2, 0) is 17.8 Å². The molecule has 1 amide bonds. The summed E-state index contributed by atoms with van der Waals surface area (Å²) in [5.74, 6) is -0.230. The number of aliphatic hydroxyl groups is 1. The van der Waals surface area contributed by atoms with E-state index < -0.39 is 11.8 Å². The second-order valence-electron chi connectivity index (χ2n) is 6.56. The van der Waals surface area contributed by atoms with Crippen molar-refractivity contribution in [1.29, 1.82) is 0 Å². The minimum Gasteiger partial charge on any atom is -0.391 e. The fraction of sp³-hybridized carbons (Fsp3) is 0.444. The summed E-state index contributed by atoms with van der Waals surface area (Å²) in [4.78, 5) is 34.3. The highest BCUT2D eigenvalue weighted by molar-refractivity contribution is 5.76. The SMILES string of the molecule is Cc1cc(C)n(CC(=O)N2C[C@@H](Cc3ccccn3)[C@H](O)C2)c(=O)n1. The number of pyridine rings is 1. The van der Waals surface area contributed by atoms with Crippen molar-refractivity contribution in [1.82, 2.24) is 19.4 Å². The number of rotatable bonds is 4. The molecule has 3 rings (SSSR count). The second kappa shape index (κ2) is 7.14. The van der Waals surface area contributed by atoms with Crippen LogP contribution in [0.1, 0.15) is 17.1 Å². The number of aromatic nitrogens is 3. The van der Waals surface area contributed by atoms with E-state index in [0.717, 1.165) is 5.69 Å². The van der Waals surface area contributed by atoms with Crippen LogP contribution in [-0.4, -0.2) is 49.6 Å². The normalized spacial score (nSPS) is 20.0. The van der Waals surface area contributed by atoms with Crippen LogP contribution in [0, 0.1) is 19.8 Å². The molecule has 0 saturated carbocycles. The fourth-order valence-corrected chi connectivity index (χ4v) is 3.25. The van der Waals surface area contributed by atoms with Crippen LogP contribution < -0.4 is 5.69 Å². The number of nitrogens with zero attached hydrogens (tertiary/aromatic N) is 4. The van der Waals surface area contributed by atoms with E-state index in [2.05, 4.69) is 9.97 Å². The summed E-state index contributed by atoms with van der Waals surface area (Å²) in [7, 11) is 0. The quantitative estimate of drug-likeness (QED) is 0.864. The van der Waals surface area contributed by atoms with E-state index in [4.69, 9.17) is 0 Å². The van der Waals surface area contributed by atoms with E-state index >= 15 is 0 Å². The molecule has 0 bridgehead atoms. The molecule has 25 heavy (non-hydrogen) atoms. The van der Waals surface area contributed by atoms with Crippen molar-refractivity contribution < 1.29 is 9.90 Å². The molecule has 2 aromatic rings. The molecule has 0 aromatic carbocycles. The van der Waals surface area contributed by atoms with E-state index in [0.29, 0.717) is 24.4 Å². The van der Waals surface area contributed by atoms with Gasteiger partial charge in [0, 0.05) is 42.3 Å². The van der Waals surface area contributed by atoms with Crippen LogP contribution in [0.2, 0.25) is 0 Å². The molecule has 0 unspecified atom stereocenters. The maximum atomic E-state index is 12.6. The molecule has 1 N–H and O–H groups in total. The van der Waals surface area contributed by atoms with Crippen molar-refractivity contribution in [2.24, 2.45) is 5.92 Å². The average molecular weight is 342 g/mol. The highest BCUT2D eigenvalue weighted by atomic mass is 16.3. The molecule has 1 fully saturated rings. The van der Waals surface area contributed by atoms with E-state index in [1.54, 1.807) is 31.0 Å². The van der Waals surface area contributed by atoms with Crippen LogP contribution in [0.25, 0.3) is 0 Å². The molecule has 7 heteroatoms. The average Bonchev–Trinajstić information content (AvgIpc) is 2.92. The van der Waals surface area contributed by atoms with Crippen molar-refractivity contribution in [2.45, 2.75) is 32.9 Å². The van der Waals surface area contributed by atoms with Crippen molar-refractivity contribution in [3.05, 3.63) is 58.0 Å². The lowest BCUT2D eigenvalue weighted by atomic mass is 10.00. The molecule has 2 atom stereocenters. The molecular weight excluding hydrogens is 320 g/mol. The maximum absolute atomic E-state index is 12.6. The number of aryl methyl sites for hydroxylation is 2. The van der Waals surface area contributed by atoms with Gasteiger partial charge in [0.2, 0.25) is 5.91 Å². The lowest BCUT2D eigenvalue weighted by molar-refractivity contribution is -0.131. The van der Waals surface area contributed by atoms with Gasteiger partial charge in [-0.05, 0) is 38.5 Å². The van der Waals surface area contributed by atoms with E-state index in [-0.39, 0.29) is 24.9 Å². The Balaban J connectivity index is 1.67. The zero-order chi connectivity index (χ0) is 18.0. The topological polar surface area (TPSA) is 88.3 Å². The number of carbonyl (C=O) groups is 1. The first-order valence-corrected chi connectivity index (χ1v) is 8.35. The molecule has 1 aliphatic rings. The third-order valence-corrected chi connectivity index (χ3v) is 4.60. The molecule has 132 valence electrons. The van der Waals surface area contributed by atoms with Gasteiger partial charge in [-0.25, -0.2) is 4.79 Å². The molecule has 0 spiro atoms. The zero-order valence-corrected chi connectivity index (χ0v) is 14.4. The Labute approximate surface area is 146 Å².